The van der Waals surface area contributed by atoms with Crippen molar-refractivity contribution in [3.8, 4) is 0 Å². The van der Waals surface area contributed by atoms with Crippen LogP contribution in [0.5, 0.6) is 0 Å². The largest absolute Gasteiger partial charge is 0.329 e. The first kappa shape index (κ1) is 12.6. The molecule has 1 fully saturated rings. The maximum Gasteiger partial charge on any atom is 0.328 e. The van der Waals surface area contributed by atoms with Crippen LogP contribution in [0.1, 0.15) is 6.42 Å². The van der Waals surface area contributed by atoms with Crippen LogP contribution < -0.4 is 16.0 Å². The highest BCUT2D eigenvalue weighted by molar-refractivity contribution is 6.09. The summed E-state index contributed by atoms with van der Waals surface area (Å²) in [4.78, 5) is 24.7. The van der Waals surface area contributed by atoms with E-state index in [1.54, 1.807) is 9.58 Å². The van der Waals surface area contributed by atoms with Gasteiger partial charge in [-0.25, -0.2) is 4.79 Å². The quantitative estimate of drug-likeness (QED) is 0.848. The molecule has 104 valence electrons. The maximum atomic E-state index is 11.9. The van der Waals surface area contributed by atoms with Gasteiger partial charge < -0.3 is 5.73 Å². The van der Waals surface area contributed by atoms with E-state index in [-0.39, 0.29) is 5.91 Å². The SMILES string of the molecule is NCCn1cc2cccc(N3CCC(=O)NC3=O)c2n1. The van der Waals surface area contributed by atoms with Crippen molar-refractivity contribution in [1.29, 1.82) is 0 Å². The first-order chi connectivity index (χ1) is 9.69. The third-order valence-corrected chi connectivity index (χ3v) is 3.27. The Bertz CT molecular complexity index is 678. The van der Waals surface area contributed by atoms with Crippen LogP contribution in [0.25, 0.3) is 10.9 Å². The zero-order chi connectivity index (χ0) is 14.1. The van der Waals surface area contributed by atoms with Gasteiger partial charge in [-0.1, -0.05) is 12.1 Å². The fourth-order valence-electron chi connectivity index (χ4n) is 2.34. The second-order valence-corrected chi connectivity index (χ2v) is 4.65. The highest BCUT2D eigenvalue weighted by Crippen LogP contribution is 2.26. The van der Waals surface area contributed by atoms with Gasteiger partial charge in [-0.3, -0.25) is 19.7 Å². The van der Waals surface area contributed by atoms with Gasteiger partial charge >= 0.3 is 6.03 Å². The highest BCUT2D eigenvalue weighted by Gasteiger charge is 2.26. The summed E-state index contributed by atoms with van der Waals surface area (Å²) in [5.74, 6) is -0.243. The fraction of sp³-hybridized carbons (Fsp3) is 0.308. The van der Waals surface area contributed by atoms with Crippen LogP contribution in [-0.4, -0.2) is 34.8 Å². The summed E-state index contributed by atoms with van der Waals surface area (Å²) in [6, 6.07) is 5.24. The number of rotatable bonds is 3. The van der Waals surface area contributed by atoms with Crippen molar-refractivity contribution in [3.05, 3.63) is 24.4 Å². The molecule has 0 radical (unpaired) electrons. The molecule has 1 saturated heterocycles. The number of carbonyl (C=O) groups excluding carboxylic acids is 2. The van der Waals surface area contributed by atoms with Crippen LogP contribution in [0.4, 0.5) is 10.5 Å². The number of benzene rings is 1. The minimum atomic E-state index is -0.401. The molecule has 1 aliphatic rings. The molecule has 2 heterocycles. The Morgan fingerprint density at radius 1 is 1.35 bits per heavy atom. The third kappa shape index (κ3) is 2.12. The number of fused-ring (bicyclic) bond motifs is 1. The number of nitrogens with one attached hydrogen (secondary N) is 1. The monoisotopic (exact) mass is 273 g/mol. The van der Waals surface area contributed by atoms with E-state index < -0.39 is 6.03 Å². The lowest BCUT2D eigenvalue weighted by molar-refractivity contribution is -0.120. The zero-order valence-corrected chi connectivity index (χ0v) is 10.9. The smallest absolute Gasteiger partial charge is 0.328 e. The van der Waals surface area contributed by atoms with E-state index in [9.17, 15) is 9.59 Å². The number of hydrogen-bond acceptors (Lipinski definition) is 4. The summed E-state index contributed by atoms with van der Waals surface area (Å²) >= 11 is 0. The zero-order valence-electron chi connectivity index (χ0n) is 10.9. The highest BCUT2D eigenvalue weighted by atomic mass is 16.2. The predicted octanol–water partition coefficient (Wildman–Crippen LogP) is 0.441. The fourth-order valence-corrected chi connectivity index (χ4v) is 2.34. The van der Waals surface area contributed by atoms with E-state index in [0.717, 1.165) is 10.9 Å². The number of aromatic nitrogens is 2. The van der Waals surface area contributed by atoms with E-state index in [4.69, 9.17) is 5.73 Å². The molecule has 1 aliphatic heterocycles. The van der Waals surface area contributed by atoms with E-state index in [1.165, 1.54) is 0 Å². The van der Waals surface area contributed by atoms with Gasteiger partial charge in [-0.15, -0.1) is 0 Å². The van der Waals surface area contributed by atoms with Gasteiger partial charge in [0, 0.05) is 31.1 Å². The Kier molecular flexibility index (Phi) is 3.11. The summed E-state index contributed by atoms with van der Waals surface area (Å²) in [5, 5.41) is 7.72. The molecular formula is C13H15N5O2. The maximum absolute atomic E-state index is 11.9. The number of urea groups is 1. The molecule has 7 heteroatoms. The first-order valence-corrected chi connectivity index (χ1v) is 6.46. The molecule has 0 aliphatic carbocycles. The minimum Gasteiger partial charge on any atom is -0.329 e. The van der Waals surface area contributed by atoms with E-state index >= 15 is 0 Å². The van der Waals surface area contributed by atoms with Crippen LogP contribution in [0.3, 0.4) is 0 Å². The normalized spacial score (nSPS) is 15.8. The Balaban J connectivity index is 2.02. The Hall–Kier alpha value is -2.41. The average Bonchev–Trinajstić information content (AvgIpc) is 2.82. The molecule has 3 rings (SSSR count). The van der Waals surface area contributed by atoms with Crippen molar-refractivity contribution >= 4 is 28.5 Å². The van der Waals surface area contributed by atoms with Gasteiger partial charge in [0.1, 0.15) is 5.52 Å². The van der Waals surface area contributed by atoms with Crippen molar-refractivity contribution in [2.24, 2.45) is 5.73 Å². The van der Waals surface area contributed by atoms with Crippen molar-refractivity contribution in [2.45, 2.75) is 13.0 Å². The van der Waals surface area contributed by atoms with Crippen LogP contribution in [0, 0.1) is 0 Å². The molecule has 7 nitrogen and oxygen atoms in total. The topological polar surface area (TPSA) is 93.2 Å². The number of nitrogens with zero attached hydrogens (tertiary/aromatic N) is 3. The van der Waals surface area contributed by atoms with E-state index in [2.05, 4.69) is 10.4 Å². The van der Waals surface area contributed by atoms with E-state index in [0.29, 0.717) is 31.7 Å². The van der Waals surface area contributed by atoms with Gasteiger partial charge in [0.05, 0.1) is 12.2 Å². The predicted molar refractivity (Wildman–Crippen MR) is 74.3 cm³/mol. The van der Waals surface area contributed by atoms with E-state index in [1.807, 2.05) is 24.4 Å². The second-order valence-electron chi connectivity index (χ2n) is 4.65. The summed E-state index contributed by atoms with van der Waals surface area (Å²) < 4.78 is 1.77. The van der Waals surface area contributed by atoms with Crippen LogP contribution in [-0.2, 0) is 11.3 Å². The number of amides is 3. The van der Waals surface area contributed by atoms with Gasteiger partial charge in [-0.05, 0) is 6.07 Å². The summed E-state index contributed by atoms with van der Waals surface area (Å²) in [6.07, 6.45) is 2.20. The number of carbonyl (C=O) groups is 2. The standard InChI is InChI=1S/C13H15N5O2/c14-5-7-17-8-9-2-1-3-10(12(9)16-17)18-6-4-11(19)15-13(18)20/h1-3,8H,4-7,14H2,(H,15,19,20). The lowest BCUT2D eigenvalue weighted by atomic mass is 10.2. The molecule has 0 saturated carbocycles. The molecule has 3 N–H and O–H groups in total. The molecule has 0 atom stereocenters. The van der Waals surface area contributed by atoms with Crippen molar-refractivity contribution < 1.29 is 9.59 Å². The first-order valence-electron chi connectivity index (χ1n) is 6.46. The lowest BCUT2D eigenvalue weighted by Crippen LogP contribution is -2.49. The molecule has 1 aromatic carbocycles. The van der Waals surface area contributed by atoms with Crippen LogP contribution in [0.15, 0.2) is 24.4 Å². The molecule has 0 unspecified atom stereocenters. The van der Waals surface area contributed by atoms with Crippen LogP contribution >= 0.6 is 0 Å². The Labute approximate surface area is 115 Å². The number of imide groups is 1. The molecular weight excluding hydrogens is 258 g/mol. The lowest BCUT2D eigenvalue weighted by Gasteiger charge is -2.26. The third-order valence-electron chi connectivity index (χ3n) is 3.27. The van der Waals surface area contributed by atoms with Crippen molar-refractivity contribution in [1.82, 2.24) is 15.1 Å². The van der Waals surface area contributed by atoms with Gasteiger partial charge in [0.15, 0.2) is 0 Å². The molecule has 0 bridgehead atoms. The summed E-state index contributed by atoms with van der Waals surface area (Å²) in [7, 11) is 0. The van der Waals surface area contributed by atoms with Gasteiger partial charge in [0.2, 0.25) is 5.91 Å². The molecule has 0 spiro atoms. The average molecular weight is 273 g/mol. The van der Waals surface area contributed by atoms with Gasteiger partial charge in [0.25, 0.3) is 0 Å². The summed E-state index contributed by atoms with van der Waals surface area (Å²) in [6.45, 7) is 1.49. The second kappa shape index (κ2) is 4.93. The van der Waals surface area contributed by atoms with Crippen molar-refractivity contribution in [2.75, 3.05) is 18.0 Å². The van der Waals surface area contributed by atoms with Crippen LogP contribution in [0.2, 0.25) is 0 Å². The molecule has 20 heavy (non-hydrogen) atoms. The Morgan fingerprint density at radius 2 is 2.20 bits per heavy atom. The number of anilines is 1. The van der Waals surface area contributed by atoms with Crippen molar-refractivity contribution in [3.63, 3.8) is 0 Å². The molecule has 1 aromatic heterocycles. The number of hydrogen-bond donors (Lipinski definition) is 2. The molecule has 3 amide bonds. The Morgan fingerprint density at radius 3 is 2.95 bits per heavy atom. The number of nitrogens with two attached hydrogens (primary N) is 1. The summed E-state index contributed by atoms with van der Waals surface area (Å²) in [5.41, 5.74) is 6.98. The van der Waals surface area contributed by atoms with Gasteiger partial charge in [-0.2, -0.15) is 5.10 Å². The minimum absolute atomic E-state index is 0.243. The molecule has 2 aromatic rings.